The van der Waals surface area contributed by atoms with E-state index in [-0.39, 0.29) is 11.9 Å². The minimum Gasteiger partial charge on any atom is -0.348 e. The van der Waals surface area contributed by atoms with Gasteiger partial charge in [-0.25, -0.2) is 0 Å². The van der Waals surface area contributed by atoms with E-state index in [0.29, 0.717) is 12.1 Å². The molecular formula is C11H20N4O. The molecule has 0 saturated heterocycles. The summed E-state index contributed by atoms with van der Waals surface area (Å²) in [5.74, 6) is -0.0830. The van der Waals surface area contributed by atoms with Gasteiger partial charge in [0.15, 0.2) is 0 Å². The van der Waals surface area contributed by atoms with Crippen molar-refractivity contribution in [3.05, 3.63) is 17.0 Å². The van der Waals surface area contributed by atoms with E-state index < -0.39 is 0 Å². The fraction of sp³-hybridized carbons (Fsp3) is 0.636. The standard InChI is InChI=1S/C11H20N4O/c1-5-9(6-12)13-11(16)10-7(2)14-15(4)8(10)3/h9H,5-6,12H2,1-4H3,(H,13,16). The number of nitrogens with zero attached hydrogens (tertiary/aromatic N) is 2. The Morgan fingerprint density at radius 1 is 1.56 bits per heavy atom. The molecule has 1 unspecified atom stereocenters. The lowest BCUT2D eigenvalue weighted by atomic mass is 10.1. The number of hydrogen-bond donors (Lipinski definition) is 2. The number of nitrogens with one attached hydrogen (secondary N) is 1. The summed E-state index contributed by atoms with van der Waals surface area (Å²) in [7, 11) is 1.83. The van der Waals surface area contributed by atoms with Crippen molar-refractivity contribution in [2.24, 2.45) is 12.8 Å². The fourth-order valence-corrected chi connectivity index (χ4v) is 1.69. The molecular weight excluding hydrogens is 204 g/mol. The number of hydrogen-bond acceptors (Lipinski definition) is 3. The molecule has 1 heterocycles. The second-order valence-electron chi connectivity index (χ2n) is 3.98. The smallest absolute Gasteiger partial charge is 0.255 e. The second-order valence-corrected chi connectivity index (χ2v) is 3.98. The third kappa shape index (κ3) is 2.41. The van der Waals surface area contributed by atoms with Gasteiger partial charge < -0.3 is 11.1 Å². The van der Waals surface area contributed by atoms with E-state index in [1.54, 1.807) is 4.68 Å². The Balaban J connectivity index is 2.88. The lowest BCUT2D eigenvalue weighted by Gasteiger charge is -2.14. The van der Waals surface area contributed by atoms with E-state index in [1.165, 1.54) is 0 Å². The lowest BCUT2D eigenvalue weighted by molar-refractivity contribution is 0.0936. The van der Waals surface area contributed by atoms with Crippen molar-refractivity contribution in [2.45, 2.75) is 33.2 Å². The minimum atomic E-state index is -0.0830. The Morgan fingerprint density at radius 2 is 2.19 bits per heavy atom. The van der Waals surface area contributed by atoms with E-state index in [9.17, 15) is 4.79 Å². The zero-order valence-corrected chi connectivity index (χ0v) is 10.4. The molecule has 1 atom stereocenters. The van der Waals surface area contributed by atoms with Gasteiger partial charge in [-0.3, -0.25) is 9.48 Å². The predicted molar refractivity (Wildman–Crippen MR) is 63.3 cm³/mol. The quantitative estimate of drug-likeness (QED) is 0.782. The van der Waals surface area contributed by atoms with Crippen molar-refractivity contribution >= 4 is 5.91 Å². The van der Waals surface area contributed by atoms with Gasteiger partial charge in [0.25, 0.3) is 5.91 Å². The van der Waals surface area contributed by atoms with Gasteiger partial charge in [-0.1, -0.05) is 6.92 Å². The van der Waals surface area contributed by atoms with Gasteiger partial charge >= 0.3 is 0 Å². The molecule has 0 fully saturated rings. The Hall–Kier alpha value is -1.36. The molecule has 0 saturated carbocycles. The van der Waals surface area contributed by atoms with Crippen LogP contribution in [-0.2, 0) is 7.05 Å². The third-order valence-electron chi connectivity index (χ3n) is 2.85. The van der Waals surface area contributed by atoms with Crippen molar-refractivity contribution in [1.29, 1.82) is 0 Å². The van der Waals surface area contributed by atoms with Gasteiger partial charge in [0.2, 0.25) is 0 Å². The first-order chi connectivity index (χ1) is 7.51. The average Bonchev–Trinajstić information content (AvgIpc) is 2.49. The molecule has 1 rings (SSSR count). The van der Waals surface area contributed by atoms with E-state index in [4.69, 9.17) is 5.73 Å². The van der Waals surface area contributed by atoms with Crippen LogP contribution >= 0.6 is 0 Å². The summed E-state index contributed by atoms with van der Waals surface area (Å²) < 4.78 is 1.72. The predicted octanol–water partition coefficient (Wildman–Crippen LogP) is 0.504. The average molecular weight is 224 g/mol. The SMILES string of the molecule is CCC(CN)NC(=O)c1c(C)nn(C)c1C. The van der Waals surface area contributed by atoms with Crippen LogP contribution in [0.2, 0.25) is 0 Å². The van der Waals surface area contributed by atoms with E-state index in [2.05, 4.69) is 10.4 Å². The van der Waals surface area contributed by atoms with Crippen molar-refractivity contribution in [3.8, 4) is 0 Å². The van der Waals surface area contributed by atoms with Crippen LogP contribution in [0.25, 0.3) is 0 Å². The molecule has 0 aromatic carbocycles. The molecule has 0 aliphatic carbocycles. The highest BCUT2D eigenvalue weighted by molar-refractivity contribution is 5.96. The molecule has 1 aromatic rings. The number of aryl methyl sites for hydroxylation is 2. The molecule has 1 aromatic heterocycles. The van der Waals surface area contributed by atoms with Crippen LogP contribution in [0.5, 0.6) is 0 Å². The number of aromatic nitrogens is 2. The highest BCUT2D eigenvalue weighted by atomic mass is 16.1. The molecule has 3 N–H and O–H groups in total. The summed E-state index contributed by atoms with van der Waals surface area (Å²) in [5, 5.41) is 7.13. The van der Waals surface area contributed by atoms with Gasteiger partial charge in [0, 0.05) is 25.3 Å². The minimum absolute atomic E-state index is 0.0338. The summed E-state index contributed by atoms with van der Waals surface area (Å²) in [4.78, 5) is 12.0. The maximum absolute atomic E-state index is 12.0. The van der Waals surface area contributed by atoms with Crippen LogP contribution in [0.15, 0.2) is 0 Å². The summed E-state index contributed by atoms with van der Waals surface area (Å²) in [6.45, 7) is 6.19. The summed E-state index contributed by atoms with van der Waals surface area (Å²) >= 11 is 0. The maximum atomic E-state index is 12.0. The van der Waals surface area contributed by atoms with Crippen molar-refractivity contribution < 1.29 is 4.79 Å². The molecule has 90 valence electrons. The second kappa shape index (κ2) is 5.12. The van der Waals surface area contributed by atoms with Gasteiger partial charge in [-0.2, -0.15) is 5.10 Å². The zero-order chi connectivity index (χ0) is 12.3. The zero-order valence-electron chi connectivity index (χ0n) is 10.4. The lowest BCUT2D eigenvalue weighted by Crippen LogP contribution is -2.40. The highest BCUT2D eigenvalue weighted by Gasteiger charge is 2.18. The van der Waals surface area contributed by atoms with Crippen LogP contribution in [-0.4, -0.2) is 28.3 Å². The molecule has 5 heteroatoms. The third-order valence-corrected chi connectivity index (χ3v) is 2.85. The molecule has 0 aliphatic rings. The van der Waals surface area contributed by atoms with E-state index >= 15 is 0 Å². The molecule has 5 nitrogen and oxygen atoms in total. The Morgan fingerprint density at radius 3 is 2.56 bits per heavy atom. The molecule has 0 spiro atoms. The normalized spacial score (nSPS) is 12.6. The summed E-state index contributed by atoms with van der Waals surface area (Å²) in [5.41, 5.74) is 7.85. The number of rotatable bonds is 4. The van der Waals surface area contributed by atoms with Crippen molar-refractivity contribution in [1.82, 2.24) is 15.1 Å². The topological polar surface area (TPSA) is 72.9 Å². The molecule has 0 aliphatic heterocycles. The fourth-order valence-electron chi connectivity index (χ4n) is 1.69. The number of carbonyl (C=O) groups is 1. The molecule has 0 radical (unpaired) electrons. The van der Waals surface area contributed by atoms with Gasteiger partial charge in [0.05, 0.1) is 11.3 Å². The summed E-state index contributed by atoms with van der Waals surface area (Å²) in [6, 6.07) is 0.0338. The van der Waals surface area contributed by atoms with Gasteiger partial charge in [-0.05, 0) is 20.3 Å². The van der Waals surface area contributed by atoms with E-state index in [1.807, 2.05) is 27.8 Å². The number of carbonyl (C=O) groups excluding carboxylic acids is 1. The van der Waals surface area contributed by atoms with Crippen LogP contribution in [0.1, 0.15) is 35.1 Å². The van der Waals surface area contributed by atoms with E-state index in [0.717, 1.165) is 17.8 Å². The number of amides is 1. The van der Waals surface area contributed by atoms with Crippen LogP contribution < -0.4 is 11.1 Å². The first-order valence-corrected chi connectivity index (χ1v) is 5.52. The maximum Gasteiger partial charge on any atom is 0.255 e. The first-order valence-electron chi connectivity index (χ1n) is 5.52. The van der Waals surface area contributed by atoms with Crippen LogP contribution in [0.4, 0.5) is 0 Å². The molecule has 1 amide bonds. The molecule has 16 heavy (non-hydrogen) atoms. The Kier molecular flexibility index (Phi) is 4.06. The Labute approximate surface area is 96.0 Å². The summed E-state index contributed by atoms with van der Waals surface area (Å²) in [6.07, 6.45) is 0.834. The highest BCUT2D eigenvalue weighted by Crippen LogP contribution is 2.11. The largest absolute Gasteiger partial charge is 0.348 e. The van der Waals surface area contributed by atoms with Gasteiger partial charge in [-0.15, -0.1) is 0 Å². The monoisotopic (exact) mass is 224 g/mol. The number of nitrogens with two attached hydrogens (primary N) is 1. The van der Waals surface area contributed by atoms with Crippen LogP contribution in [0, 0.1) is 13.8 Å². The first kappa shape index (κ1) is 12.7. The van der Waals surface area contributed by atoms with Crippen LogP contribution in [0.3, 0.4) is 0 Å². The molecule has 0 bridgehead atoms. The van der Waals surface area contributed by atoms with Gasteiger partial charge in [0.1, 0.15) is 0 Å². The van der Waals surface area contributed by atoms with Crippen molar-refractivity contribution in [2.75, 3.05) is 6.54 Å². The van der Waals surface area contributed by atoms with Crippen molar-refractivity contribution in [3.63, 3.8) is 0 Å². The Bertz CT molecular complexity index is 380.